The Hall–Kier alpha value is -2.69. The Kier molecular flexibility index (Phi) is 4.33. The number of nitrogens with zero attached hydrogens (tertiary/aromatic N) is 1. The average Bonchev–Trinajstić information content (AvgIpc) is 2.94. The summed E-state index contributed by atoms with van der Waals surface area (Å²) in [6.07, 6.45) is 1.84. The molecule has 4 nitrogen and oxygen atoms in total. The van der Waals surface area contributed by atoms with Gasteiger partial charge in [-0.15, -0.1) is 0 Å². The fourth-order valence-corrected chi connectivity index (χ4v) is 2.57. The summed E-state index contributed by atoms with van der Waals surface area (Å²) in [7, 11) is 0. The van der Waals surface area contributed by atoms with E-state index in [0.717, 1.165) is 16.8 Å². The third-order valence-corrected chi connectivity index (χ3v) is 4.59. The van der Waals surface area contributed by atoms with Crippen LogP contribution in [-0.2, 0) is 0 Å². The molecule has 130 valence electrons. The number of pyridine rings is 1. The minimum atomic E-state index is -0.288. The van der Waals surface area contributed by atoms with Crippen molar-refractivity contribution >= 4 is 11.4 Å². The highest BCUT2D eigenvalue weighted by Crippen LogP contribution is 2.23. The average molecular weight is 340 g/mol. The number of halogens is 1. The van der Waals surface area contributed by atoms with Gasteiger partial charge in [0.05, 0.1) is 6.20 Å². The Morgan fingerprint density at radius 2 is 1.84 bits per heavy atom. The van der Waals surface area contributed by atoms with Crippen LogP contribution < -0.4 is 9.72 Å². The number of aromatic amines is 1. The number of rotatable bonds is 3. The van der Waals surface area contributed by atoms with Crippen molar-refractivity contribution in [3.8, 4) is 11.3 Å². The van der Waals surface area contributed by atoms with Crippen molar-refractivity contribution < 1.29 is 13.6 Å². The summed E-state index contributed by atoms with van der Waals surface area (Å²) in [4.78, 5) is 16.0. The van der Waals surface area contributed by atoms with Gasteiger partial charge >= 0.3 is 11.7 Å². The van der Waals surface area contributed by atoms with Gasteiger partial charge in [0.15, 0.2) is 11.2 Å². The van der Waals surface area contributed by atoms with Crippen LogP contribution >= 0.6 is 0 Å². The molecule has 0 spiro atoms. The fraction of sp³-hybridized carbons (Fsp3) is 0.300. The predicted molar refractivity (Wildman–Crippen MR) is 95.7 cm³/mol. The van der Waals surface area contributed by atoms with Gasteiger partial charge in [-0.1, -0.05) is 26.8 Å². The monoisotopic (exact) mass is 340 g/mol. The maximum atomic E-state index is 13.2. The molecule has 3 rings (SSSR count). The second-order valence-corrected chi connectivity index (χ2v) is 7.37. The van der Waals surface area contributed by atoms with Crippen LogP contribution in [0.5, 0.6) is 0 Å². The molecule has 1 amide bonds. The first-order chi connectivity index (χ1) is 11.8. The Morgan fingerprint density at radius 3 is 2.48 bits per heavy atom. The van der Waals surface area contributed by atoms with E-state index in [9.17, 15) is 9.18 Å². The summed E-state index contributed by atoms with van der Waals surface area (Å²) < 4.78 is 15.0. The molecule has 2 N–H and O–H groups in total. The summed E-state index contributed by atoms with van der Waals surface area (Å²) >= 11 is 0. The summed E-state index contributed by atoms with van der Waals surface area (Å²) in [5.74, 6) is -0.00718. The summed E-state index contributed by atoms with van der Waals surface area (Å²) in [5.41, 5.74) is 2.44. The smallest absolute Gasteiger partial charge is 0.343 e. The van der Waals surface area contributed by atoms with Crippen molar-refractivity contribution in [3.05, 3.63) is 60.3 Å². The minimum absolute atomic E-state index is 0.0110. The number of carbonyl (C=O) groups excluding carboxylic acids is 1. The van der Waals surface area contributed by atoms with Gasteiger partial charge in [0.25, 0.3) is 0 Å². The van der Waals surface area contributed by atoms with Crippen LogP contribution in [0.15, 0.2) is 48.7 Å². The normalized spacial score (nSPS) is 13.0. The Bertz CT molecular complexity index is 907. The maximum absolute atomic E-state index is 13.2. The van der Waals surface area contributed by atoms with E-state index in [0.29, 0.717) is 5.82 Å². The van der Waals surface area contributed by atoms with Crippen molar-refractivity contribution in [2.45, 2.75) is 33.7 Å². The Labute approximate surface area is 146 Å². The lowest BCUT2D eigenvalue weighted by Crippen LogP contribution is -2.44. The number of H-pyrrole nitrogens is 1. The Morgan fingerprint density at radius 1 is 1.16 bits per heavy atom. The number of aromatic nitrogens is 2. The molecule has 0 aliphatic heterocycles. The third-order valence-electron chi connectivity index (χ3n) is 4.59. The van der Waals surface area contributed by atoms with Gasteiger partial charge in [-0.25, -0.2) is 9.37 Å². The SMILES string of the molecule is C[C@@H](NC(=O)c1[nH]c(-c2ccc(F)cc2)c2cccc[n+]12)C(C)(C)C. The number of carbonyl (C=O) groups is 1. The van der Waals surface area contributed by atoms with Gasteiger partial charge in [-0.2, -0.15) is 4.40 Å². The van der Waals surface area contributed by atoms with E-state index in [1.165, 1.54) is 12.1 Å². The van der Waals surface area contributed by atoms with Crippen molar-refractivity contribution in [1.29, 1.82) is 0 Å². The van der Waals surface area contributed by atoms with Gasteiger partial charge in [0.2, 0.25) is 0 Å². The number of benzene rings is 1. The third kappa shape index (κ3) is 3.40. The van der Waals surface area contributed by atoms with Crippen LogP contribution in [0.2, 0.25) is 0 Å². The summed E-state index contributed by atoms with van der Waals surface area (Å²) in [6, 6.07) is 12.0. The van der Waals surface area contributed by atoms with Crippen LogP contribution in [-0.4, -0.2) is 16.9 Å². The van der Waals surface area contributed by atoms with Gasteiger partial charge in [0, 0.05) is 11.6 Å². The lowest BCUT2D eigenvalue weighted by Gasteiger charge is -2.27. The van der Waals surface area contributed by atoms with Crippen molar-refractivity contribution in [1.82, 2.24) is 10.3 Å². The van der Waals surface area contributed by atoms with Gasteiger partial charge in [-0.05, 0) is 48.7 Å². The van der Waals surface area contributed by atoms with E-state index in [1.54, 1.807) is 12.1 Å². The number of nitrogens with one attached hydrogen (secondary N) is 2. The fourth-order valence-electron chi connectivity index (χ4n) is 2.57. The summed E-state index contributed by atoms with van der Waals surface area (Å²) in [5, 5.41) is 3.05. The number of hydrogen-bond acceptors (Lipinski definition) is 1. The highest BCUT2D eigenvalue weighted by Gasteiger charge is 2.29. The first-order valence-corrected chi connectivity index (χ1v) is 8.36. The first-order valence-electron chi connectivity index (χ1n) is 8.36. The number of fused-ring (bicyclic) bond motifs is 1. The lowest BCUT2D eigenvalue weighted by atomic mass is 9.88. The molecule has 0 saturated heterocycles. The number of imidazole rings is 1. The summed E-state index contributed by atoms with van der Waals surface area (Å²) in [6.45, 7) is 8.25. The number of hydrogen-bond donors (Lipinski definition) is 2. The second-order valence-electron chi connectivity index (χ2n) is 7.37. The van der Waals surface area contributed by atoms with Crippen LogP contribution in [0.4, 0.5) is 4.39 Å². The van der Waals surface area contributed by atoms with E-state index in [4.69, 9.17) is 0 Å². The highest BCUT2D eigenvalue weighted by molar-refractivity contribution is 5.91. The molecule has 0 aliphatic carbocycles. The molecular weight excluding hydrogens is 317 g/mol. The lowest BCUT2D eigenvalue weighted by molar-refractivity contribution is -0.514. The maximum Gasteiger partial charge on any atom is 0.351 e. The van der Waals surface area contributed by atoms with E-state index in [-0.39, 0.29) is 23.2 Å². The standard InChI is InChI=1S/C20H22FN3O/c1-13(20(2,3)4)22-19(25)18-23-17(14-8-10-15(21)11-9-14)16-7-5-6-12-24(16)18/h5-13H,1-4H3,(H,22,25)/p+1/t13-/m1/s1. The predicted octanol–water partition coefficient (Wildman–Crippen LogP) is 3.72. The molecule has 0 unspecified atom stereocenters. The molecule has 2 heterocycles. The Balaban J connectivity index is 2.05. The molecule has 0 radical (unpaired) electrons. The molecule has 25 heavy (non-hydrogen) atoms. The van der Waals surface area contributed by atoms with E-state index >= 15 is 0 Å². The molecular formula is C20H23FN3O+. The van der Waals surface area contributed by atoms with Gasteiger partial charge in [-0.3, -0.25) is 4.79 Å². The largest absolute Gasteiger partial charge is 0.351 e. The molecule has 0 fully saturated rings. The molecule has 0 bridgehead atoms. The quantitative estimate of drug-likeness (QED) is 0.702. The first kappa shape index (κ1) is 17.1. The molecule has 1 aromatic carbocycles. The molecule has 1 atom stereocenters. The molecule has 5 heteroatoms. The topological polar surface area (TPSA) is 49.0 Å². The zero-order valence-corrected chi connectivity index (χ0v) is 14.9. The molecule has 0 saturated carbocycles. The number of amides is 1. The zero-order valence-electron chi connectivity index (χ0n) is 14.9. The van der Waals surface area contributed by atoms with E-state index in [2.05, 4.69) is 31.1 Å². The van der Waals surface area contributed by atoms with Gasteiger partial charge in [0.1, 0.15) is 5.82 Å². The van der Waals surface area contributed by atoms with Crippen LogP contribution in [0, 0.1) is 11.2 Å². The minimum Gasteiger partial charge on any atom is -0.343 e. The van der Waals surface area contributed by atoms with Crippen LogP contribution in [0.3, 0.4) is 0 Å². The molecule has 0 aliphatic rings. The van der Waals surface area contributed by atoms with Gasteiger partial charge < -0.3 is 5.32 Å². The van der Waals surface area contributed by atoms with E-state index in [1.807, 2.05) is 35.7 Å². The van der Waals surface area contributed by atoms with Crippen LogP contribution in [0.1, 0.15) is 38.3 Å². The van der Waals surface area contributed by atoms with Crippen LogP contribution in [0.25, 0.3) is 16.8 Å². The highest BCUT2D eigenvalue weighted by atomic mass is 19.1. The molecule has 3 aromatic rings. The van der Waals surface area contributed by atoms with E-state index < -0.39 is 0 Å². The van der Waals surface area contributed by atoms with Crippen molar-refractivity contribution in [2.75, 3.05) is 0 Å². The molecule has 2 aromatic heterocycles. The zero-order chi connectivity index (χ0) is 18.2. The second kappa shape index (κ2) is 6.31. The van der Waals surface area contributed by atoms with Crippen molar-refractivity contribution in [3.63, 3.8) is 0 Å². The van der Waals surface area contributed by atoms with Crippen molar-refractivity contribution in [2.24, 2.45) is 5.41 Å².